The fourth-order valence-corrected chi connectivity index (χ4v) is 1.05. The minimum atomic E-state index is -1.11. The number of rotatable bonds is 2. The third kappa shape index (κ3) is 5.58. The van der Waals surface area contributed by atoms with Gasteiger partial charge in [0, 0.05) is 1.37 Å². The van der Waals surface area contributed by atoms with E-state index >= 15 is 0 Å². The number of carbonyl (C=O) groups excluding carboxylic acids is 1. The van der Waals surface area contributed by atoms with Crippen LogP contribution >= 0.6 is 0 Å². The number of nitrogens with one attached hydrogen (secondary N) is 1. The van der Waals surface area contributed by atoms with Gasteiger partial charge in [0.15, 0.2) is 0 Å². The molecule has 0 aliphatic rings. The smallest absolute Gasteiger partial charge is 0.408 e. The highest BCUT2D eigenvalue weighted by Crippen LogP contribution is 2.20. The molecule has 5 heteroatoms. The molecule has 0 aromatic carbocycles. The molecule has 94 valence electrons. The number of carbonyl (C=O) groups is 2. The van der Waals surface area contributed by atoms with Crippen molar-refractivity contribution in [1.82, 2.24) is 5.32 Å². The Kier molecular flexibility index (Phi) is 3.78. The molecule has 0 aromatic heterocycles. The SMILES string of the molecule is [2H]CC(C)(C)OC(=O)N[C@H](C(=O)O)C(C)(C)C. The number of ether oxygens (including phenoxy) is 1. The third-order valence-corrected chi connectivity index (χ3v) is 1.74. The molecule has 0 unspecified atom stereocenters. The van der Waals surface area contributed by atoms with Crippen LogP contribution in [0.15, 0.2) is 0 Å². The Balaban J connectivity index is 4.60. The first kappa shape index (κ1) is 12.8. The molecule has 0 spiro atoms. The van der Waals surface area contributed by atoms with Gasteiger partial charge in [-0.3, -0.25) is 0 Å². The second-order valence-electron chi connectivity index (χ2n) is 5.43. The maximum Gasteiger partial charge on any atom is 0.408 e. The van der Waals surface area contributed by atoms with Gasteiger partial charge in [0.05, 0.1) is 0 Å². The predicted octanol–water partition coefficient (Wildman–Crippen LogP) is 2.01. The Bertz CT molecular complexity index is 296. The summed E-state index contributed by atoms with van der Waals surface area (Å²) in [6.45, 7) is 8.22. The monoisotopic (exact) mass is 232 g/mol. The quantitative estimate of drug-likeness (QED) is 0.763. The van der Waals surface area contributed by atoms with E-state index in [0.29, 0.717) is 0 Å². The standard InChI is InChI=1S/C11H21NO4/c1-10(2,3)7(8(13)14)12-9(15)16-11(4,5)6/h7H,1-6H3,(H,12,15)(H,13,14)/t7-/m1/s1/i4D. The van der Waals surface area contributed by atoms with Crippen molar-refractivity contribution in [3.63, 3.8) is 0 Å². The molecule has 0 saturated carbocycles. The van der Waals surface area contributed by atoms with Crippen LogP contribution in [0.2, 0.25) is 0 Å². The molecule has 0 aromatic rings. The van der Waals surface area contributed by atoms with Crippen LogP contribution in [-0.2, 0) is 9.53 Å². The predicted molar refractivity (Wildman–Crippen MR) is 60.2 cm³/mol. The summed E-state index contributed by atoms with van der Waals surface area (Å²) in [6, 6.07) is -1.03. The summed E-state index contributed by atoms with van der Waals surface area (Å²) < 4.78 is 12.1. The van der Waals surface area contributed by atoms with E-state index in [4.69, 9.17) is 11.2 Å². The Hall–Kier alpha value is -1.26. The minimum Gasteiger partial charge on any atom is -0.480 e. The Labute approximate surface area is 97.6 Å². The highest BCUT2D eigenvalue weighted by molar-refractivity contribution is 5.80. The van der Waals surface area contributed by atoms with Gasteiger partial charge in [-0.2, -0.15) is 0 Å². The Morgan fingerprint density at radius 1 is 1.31 bits per heavy atom. The van der Waals surface area contributed by atoms with Crippen LogP contribution in [0.5, 0.6) is 0 Å². The molecule has 0 bridgehead atoms. The summed E-state index contributed by atoms with van der Waals surface area (Å²) in [5.41, 5.74) is -1.54. The Morgan fingerprint density at radius 2 is 1.81 bits per heavy atom. The molecule has 0 radical (unpaired) electrons. The maximum absolute atomic E-state index is 11.5. The number of alkyl carbamates (subject to hydrolysis) is 1. The third-order valence-electron chi connectivity index (χ3n) is 1.74. The van der Waals surface area contributed by atoms with E-state index in [-0.39, 0.29) is 6.90 Å². The van der Waals surface area contributed by atoms with Crippen molar-refractivity contribution < 1.29 is 20.8 Å². The van der Waals surface area contributed by atoms with E-state index in [1.54, 1.807) is 34.6 Å². The van der Waals surface area contributed by atoms with Gasteiger partial charge in [-0.15, -0.1) is 0 Å². The number of amides is 1. The van der Waals surface area contributed by atoms with E-state index in [0.717, 1.165) is 0 Å². The van der Waals surface area contributed by atoms with Gasteiger partial charge in [-0.05, 0) is 26.2 Å². The number of hydrogen-bond acceptors (Lipinski definition) is 3. The highest BCUT2D eigenvalue weighted by Gasteiger charge is 2.33. The second-order valence-corrected chi connectivity index (χ2v) is 5.43. The average molecular weight is 232 g/mol. The van der Waals surface area contributed by atoms with Crippen LogP contribution in [-0.4, -0.2) is 28.8 Å². The molecule has 2 N–H and O–H groups in total. The number of aliphatic carboxylic acids is 1. The zero-order chi connectivity index (χ0) is 13.9. The second kappa shape index (κ2) is 4.72. The van der Waals surface area contributed by atoms with Gasteiger partial charge < -0.3 is 15.2 Å². The fourth-order valence-electron chi connectivity index (χ4n) is 1.05. The maximum atomic E-state index is 11.5. The van der Waals surface area contributed by atoms with Crippen molar-refractivity contribution in [2.45, 2.75) is 53.2 Å². The van der Waals surface area contributed by atoms with Gasteiger partial charge in [0.25, 0.3) is 0 Å². The van der Waals surface area contributed by atoms with E-state index in [2.05, 4.69) is 5.32 Å². The van der Waals surface area contributed by atoms with Gasteiger partial charge in [-0.1, -0.05) is 20.8 Å². The molecule has 0 aliphatic carbocycles. The summed E-state index contributed by atoms with van der Waals surface area (Å²) in [6.07, 6.45) is -0.815. The van der Waals surface area contributed by atoms with Crippen LogP contribution in [0, 0.1) is 5.41 Å². The van der Waals surface area contributed by atoms with Crippen LogP contribution in [0.1, 0.15) is 42.9 Å². The first-order valence-electron chi connectivity index (χ1n) is 5.72. The first-order chi connectivity index (χ1) is 7.49. The largest absolute Gasteiger partial charge is 0.480 e. The highest BCUT2D eigenvalue weighted by atomic mass is 16.6. The zero-order valence-corrected chi connectivity index (χ0v) is 10.5. The average Bonchev–Trinajstić information content (AvgIpc) is 2.11. The number of carboxylic acids is 1. The van der Waals surface area contributed by atoms with Gasteiger partial charge in [0.1, 0.15) is 11.6 Å². The van der Waals surface area contributed by atoms with Gasteiger partial charge in [0.2, 0.25) is 0 Å². The van der Waals surface area contributed by atoms with Crippen molar-refractivity contribution >= 4 is 12.1 Å². The molecular weight excluding hydrogens is 210 g/mol. The van der Waals surface area contributed by atoms with Crippen molar-refractivity contribution in [3.8, 4) is 0 Å². The number of carboxylic acid groups (broad SMARTS) is 1. The van der Waals surface area contributed by atoms with Crippen molar-refractivity contribution in [3.05, 3.63) is 0 Å². The lowest BCUT2D eigenvalue weighted by Crippen LogP contribution is -2.50. The molecule has 1 amide bonds. The summed E-state index contributed by atoms with van der Waals surface area (Å²) >= 11 is 0. The molecule has 0 saturated heterocycles. The summed E-state index contributed by atoms with van der Waals surface area (Å²) in [5.74, 6) is -1.11. The first-order valence-corrected chi connectivity index (χ1v) is 5.01. The molecule has 16 heavy (non-hydrogen) atoms. The molecule has 5 nitrogen and oxygen atoms in total. The van der Waals surface area contributed by atoms with Gasteiger partial charge >= 0.3 is 12.1 Å². The minimum absolute atomic E-state index is 0.0896. The van der Waals surface area contributed by atoms with Crippen molar-refractivity contribution in [2.75, 3.05) is 0 Å². The van der Waals surface area contributed by atoms with E-state index in [1.165, 1.54) is 0 Å². The lowest BCUT2D eigenvalue weighted by Gasteiger charge is -2.29. The number of hydrogen-bond donors (Lipinski definition) is 2. The summed E-state index contributed by atoms with van der Waals surface area (Å²) in [5, 5.41) is 11.3. The molecule has 1 atom stereocenters. The fraction of sp³-hybridized carbons (Fsp3) is 0.818. The van der Waals surface area contributed by atoms with Crippen LogP contribution in [0.25, 0.3) is 0 Å². The molecule has 0 heterocycles. The summed E-state index contributed by atoms with van der Waals surface area (Å²) in [4.78, 5) is 22.5. The Morgan fingerprint density at radius 3 is 2.12 bits per heavy atom. The zero-order valence-electron chi connectivity index (χ0n) is 11.5. The summed E-state index contributed by atoms with van der Waals surface area (Å²) in [7, 11) is 0. The lowest BCUT2D eigenvalue weighted by molar-refractivity contribution is -0.142. The van der Waals surface area contributed by atoms with Crippen molar-refractivity contribution in [2.24, 2.45) is 5.41 Å². The molecule has 0 aliphatic heterocycles. The van der Waals surface area contributed by atoms with Gasteiger partial charge in [-0.25, -0.2) is 9.59 Å². The molecular formula is C11H21NO4. The molecule has 0 rings (SSSR count). The van der Waals surface area contributed by atoms with Crippen LogP contribution in [0.3, 0.4) is 0 Å². The van der Waals surface area contributed by atoms with E-state index in [9.17, 15) is 9.59 Å². The lowest BCUT2D eigenvalue weighted by atomic mass is 9.87. The van der Waals surface area contributed by atoms with Crippen LogP contribution < -0.4 is 5.32 Å². The normalized spacial score (nSPS) is 14.9. The topological polar surface area (TPSA) is 75.6 Å². The van der Waals surface area contributed by atoms with E-state index < -0.39 is 29.1 Å². The molecule has 0 fully saturated rings. The van der Waals surface area contributed by atoms with Crippen molar-refractivity contribution in [1.29, 1.82) is 0 Å². The van der Waals surface area contributed by atoms with E-state index in [1.807, 2.05) is 0 Å². The van der Waals surface area contributed by atoms with Crippen LogP contribution in [0.4, 0.5) is 4.79 Å².